The number of thioether (sulfide) groups is 1. The number of amides is 1. The van der Waals surface area contributed by atoms with E-state index in [1.807, 2.05) is 31.7 Å². The third-order valence-electron chi connectivity index (χ3n) is 4.70. The van der Waals surface area contributed by atoms with Crippen molar-refractivity contribution in [2.75, 3.05) is 6.54 Å². The summed E-state index contributed by atoms with van der Waals surface area (Å²) in [4.78, 5) is 19.5. The highest BCUT2D eigenvalue weighted by molar-refractivity contribution is 8.00. The molecule has 130 valence electrons. The number of rotatable bonds is 5. The molecular weight excluding hydrogens is 318 g/mol. The second-order valence-corrected chi connectivity index (χ2v) is 7.88. The fourth-order valence-electron chi connectivity index (χ4n) is 3.46. The van der Waals surface area contributed by atoms with Gasteiger partial charge in [0.05, 0.1) is 10.8 Å². The van der Waals surface area contributed by atoms with E-state index in [0.29, 0.717) is 16.6 Å². The number of hydrogen-bond donors (Lipinski definition) is 0. The van der Waals surface area contributed by atoms with Crippen molar-refractivity contribution in [3.05, 3.63) is 22.9 Å². The molecule has 1 aliphatic carbocycles. The molecule has 1 unspecified atom stereocenters. The quantitative estimate of drug-likeness (QED) is 0.749. The van der Waals surface area contributed by atoms with E-state index >= 15 is 0 Å². The van der Waals surface area contributed by atoms with Gasteiger partial charge in [0.2, 0.25) is 5.91 Å². The van der Waals surface area contributed by atoms with Crippen molar-refractivity contribution in [2.45, 2.75) is 76.1 Å². The number of aryl methyl sites for hydroxylation is 2. The van der Waals surface area contributed by atoms with Crippen LogP contribution in [0.1, 0.15) is 62.8 Å². The minimum Gasteiger partial charge on any atom is -0.339 e. The summed E-state index contributed by atoms with van der Waals surface area (Å²) < 4.78 is 0. The first kappa shape index (κ1) is 18.8. The van der Waals surface area contributed by atoms with Crippen molar-refractivity contribution in [1.82, 2.24) is 9.88 Å². The van der Waals surface area contributed by atoms with Crippen LogP contribution in [0.4, 0.5) is 0 Å². The van der Waals surface area contributed by atoms with E-state index in [1.165, 1.54) is 31.0 Å². The van der Waals surface area contributed by atoms with Gasteiger partial charge in [-0.2, -0.15) is 5.26 Å². The Bertz CT molecular complexity index is 632. The van der Waals surface area contributed by atoms with Gasteiger partial charge < -0.3 is 4.90 Å². The van der Waals surface area contributed by atoms with Crippen LogP contribution in [0.5, 0.6) is 0 Å². The zero-order chi connectivity index (χ0) is 17.7. The number of carbonyl (C=O) groups is 1. The molecule has 1 saturated carbocycles. The van der Waals surface area contributed by atoms with Crippen molar-refractivity contribution in [2.24, 2.45) is 0 Å². The zero-order valence-corrected chi connectivity index (χ0v) is 15.9. The van der Waals surface area contributed by atoms with Crippen LogP contribution in [0.3, 0.4) is 0 Å². The second kappa shape index (κ2) is 8.53. The Morgan fingerprint density at radius 2 is 2.08 bits per heavy atom. The number of hydrogen-bond acceptors (Lipinski definition) is 4. The van der Waals surface area contributed by atoms with Gasteiger partial charge in [-0.1, -0.05) is 31.0 Å². The first-order valence-corrected chi connectivity index (χ1v) is 9.71. The summed E-state index contributed by atoms with van der Waals surface area (Å²) in [5.74, 6) is 0.166. The Hall–Kier alpha value is -1.54. The molecule has 24 heavy (non-hydrogen) atoms. The highest BCUT2D eigenvalue weighted by atomic mass is 32.2. The van der Waals surface area contributed by atoms with Gasteiger partial charge in [0.1, 0.15) is 11.1 Å². The molecule has 1 aromatic heterocycles. The van der Waals surface area contributed by atoms with Crippen molar-refractivity contribution in [3.8, 4) is 6.07 Å². The molecule has 1 atom stereocenters. The lowest BCUT2D eigenvalue weighted by atomic mass is 9.94. The van der Waals surface area contributed by atoms with Crippen molar-refractivity contribution >= 4 is 17.7 Å². The van der Waals surface area contributed by atoms with Gasteiger partial charge in [0, 0.05) is 18.3 Å². The Morgan fingerprint density at radius 1 is 1.42 bits per heavy atom. The average Bonchev–Trinajstić information content (AvgIpc) is 2.56. The molecule has 2 rings (SSSR count). The molecular formula is C19H27N3OS. The van der Waals surface area contributed by atoms with Crippen LogP contribution in [-0.4, -0.2) is 33.6 Å². The Balaban J connectivity index is 2.15. The van der Waals surface area contributed by atoms with E-state index in [-0.39, 0.29) is 11.2 Å². The first-order chi connectivity index (χ1) is 11.5. The highest BCUT2D eigenvalue weighted by Crippen LogP contribution is 2.30. The topological polar surface area (TPSA) is 57.0 Å². The summed E-state index contributed by atoms with van der Waals surface area (Å²) in [5, 5.41) is 9.85. The van der Waals surface area contributed by atoms with E-state index in [9.17, 15) is 10.1 Å². The lowest BCUT2D eigenvalue weighted by molar-refractivity contribution is -0.133. The van der Waals surface area contributed by atoms with Crippen LogP contribution in [-0.2, 0) is 4.79 Å². The van der Waals surface area contributed by atoms with E-state index in [0.717, 1.165) is 30.6 Å². The van der Waals surface area contributed by atoms with Gasteiger partial charge in [-0.3, -0.25) is 4.79 Å². The third-order valence-corrected chi connectivity index (χ3v) is 5.77. The van der Waals surface area contributed by atoms with Gasteiger partial charge in [-0.25, -0.2) is 4.98 Å². The molecule has 0 N–H and O–H groups in total. The predicted molar refractivity (Wildman–Crippen MR) is 98.0 cm³/mol. The molecule has 0 radical (unpaired) electrons. The van der Waals surface area contributed by atoms with Crippen LogP contribution in [0, 0.1) is 25.2 Å². The maximum atomic E-state index is 12.9. The van der Waals surface area contributed by atoms with Crippen molar-refractivity contribution in [3.63, 3.8) is 0 Å². The SMILES string of the molecule is CCN(C(=O)C(C)Sc1nc(C)cc(C)c1C#N)C1CCCCC1. The summed E-state index contributed by atoms with van der Waals surface area (Å²) >= 11 is 1.41. The fourth-order valence-corrected chi connectivity index (χ4v) is 4.55. The molecule has 1 heterocycles. The van der Waals surface area contributed by atoms with E-state index in [2.05, 4.69) is 18.0 Å². The molecule has 1 fully saturated rings. The standard InChI is InChI=1S/C19H27N3OS/c1-5-22(16-9-7-6-8-10-16)19(23)15(4)24-18-17(12-20)13(2)11-14(3)21-18/h11,15-16H,5-10H2,1-4H3. The monoisotopic (exact) mass is 345 g/mol. The first-order valence-electron chi connectivity index (χ1n) is 8.83. The smallest absolute Gasteiger partial charge is 0.236 e. The maximum Gasteiger partial charge on any atom is 0.236 e. The zero-order valence-electron chi connectivity index (χ0n) is 15.1. The van der Waals surface area contributed by atoms with E-state index in [1.54, 1.807) is 0 Å². The number of aromatic nitrogens is 1. The lowest BCUT2D eigenvalue weighted by Crippen LogP contribution is -2.44. The molecule has 0 saturated heterocycles. The molecule has 5 heteroatoms. The fraction of sp³-hybridized carbons (Fsp3) is 0.632. The summed E-state index contributed by atoms with van der Waals surface area (Å²) in [5.41, 5.74) is 2.39. The van der Waals surface area contributed by atoms with Crippen LogP contribution >= 0.6 is 11.8 Å². The van der Waals surface area contributed by atoms with Gasteiger partial charge in [-0.05, 0) is 52.2 Å². The second-order valence-electron chi connectivity index (χ2n) is 6.55. The number of nitriles is 1. The summed E-state index contributed by atoms with van der Waals surface area (Å²) in [7, 11) is 0. The molecule has 1 aromatic rings. The van der Waals surface area contributed by atoms with Gasteiger partial charge in [-0.15, -0.1) is 0 Å². The molecule has 1 aliphatic rings. The normalized spacial score (nSPS) is 16.5. The number of nitrogens with zero attached hydrogens (tertiary/aromatic N) is 3. The molecule has 1 amide bonds. The maximum absolute atomic E-state index is 12.9. The average molecular weight is 346 g/mol. The van der Waals surface area contributed by atoms with E-state index in [4.69, 9.17) is 0 Å². The lowest BCUT2D eigenvalue weighted by Gasteiger charge is -2.35. The van der Waals surface area contributed by atoms with Crippen LogP contribution < -0.4 is 0 Å². The number of pyridine rings is 1. The molecule has 4 nitrogen and oxygen atoms in total. The molecule has 0 spiro atoms. The van der Waals surface area contributed by atoms with Crippen LogP contribution in [0.25, 0.3) is 0 Å². The highest BCUT2D eigenvalue weighted by Gasteiger charge is 2.28. The van der Waals surface area contributed by atoms with Crippen LogP contribution in [0.15, 0.2) is 11.1 Å². The third kappa shape index (κ3) is 4.30. The van der Waals surface area contributed by atoms with Gasteiger partial charge >= 0.3 is 0 Å². The van der Waals surface area contributed by atoms with E-state index < -0.39 is 0 Å². The molecule has 0 bridgehead atoms. The minimum atomic E-state index is -0.229. The van der Waals surface area contributed by atoms with Gasteiger partial charge in [0.15, 0.2) is 0 Å². The molecule has 0 aromatic carbocycles. The Kier molecular flexibility index (Phi) is 6.68. The predicted octanol–water partition coefficient (Wildman–Crippen LogP) is 4.23. The Labute approximate surface area is 149 Å². The minimum absolute atomic E-state index is 0.166. The summed E-state index contributed by atoms with van der Waals surface area (Å²) in [6.45, 7) is 8.58. The Morgan fingerprint density at radius 3 is 2.67 bits per heavy atom. The van der Waals surface area contributed by atoms with Gasteiger partial charge in [0.25, 0.3) is 0 Å². The van der Waals surface area contributed by atoms with Crippen LogP contribution in [0.2, 0.25) is 0 Å². The van der Waals surface area contributed by atoms with Crippen molar-refractivity contribution in [1.29, 1.82) is 5.26 Å². The molecule has 0 aliphatic heterocycles. The summed E-state index contributed by atoms with van der Waals surface area (Å²) in [6.07, 6.45) is 5.94. The summed E-state index contributed by atoms with van der Waals surface area (Å²) in [6, 6.07) is 4.52. The van der Waals surface area contributed by atoms with Crippen molar-refractivity contribution < 1.29 is 4.79 Å². The number of carbonyl (C=O) groups excluding carboxylic acids is 1. The largest absolute Gasteiger partial charge is 0.339 e.